The summed E-state index contributed by atoms with van der Waals surface area (Å²) < 4.78 is 27.4. The number of piperidine rings is 1. The molecule has 2 aromatic rings. The number of benzene rings is 1. The third-order valence-electron chi connectivity index (χ3n) is 5.48. The van der Waals surface area contributed by atoms with Gasteiger partial charge in [-0.1, -0.05) is 0 Å². The lowest BCUT2D eigenvalue weighted by molar-refractivity contribution is 0.0687. The zero-order valence-electron chi connectivity index (χ0n) is 14.2. The molecule has 140 valence electrons. The van der Waals surface area contributed by atoms with Crippen molar-refractivity contribution in [2.45, 2.75) is 31.8 Å². The lowest BCUT2D eigenvalue weighted by Crippen LogP contribution is -2.39. The van der Waals surface area contributed by atoms with Crippen molar-refractivity contribution in [2.75, 3.05) is 13.1 Å². The van der Waals surface area contributed by atoms with E-state index in [-0.39, 0.29) is 35.3 Å². The van der Waals surface area contributed by atoms with Gasteiger partial charge < -0.3 is 10.2 Å². The van der Waals surface area contributed by atoms with E-state index in [1.165, 1.54) is 6.07 Å². The van der Waals surface area contributed by atoms with Crippen LogP contribution < -0.4 is 5.32 Å². The molecule has 2 heterocycles. The number of rotatable bonds is 4. The largest absolute Gasteiger partial charge is 0.331 e. The lowest BCUT2D eigenvalue weighted by Gasteiger charge is -2.29. The summed E-state index contributed by atoms with van der Waals surface area (Å²) in [5.41, 5.74) is 1.16. The Morgan fingerprint density at radius 3 is 2.69 bits per heavy atom. The number of hydrogen-bond acceptors (Lipinski definition) is 3. The summed E-state index contributed by atoms with van der Waals surface area (Å²) in [5, 5.41) is 7.35. The first-order valence-corrected chi connectivity index (χ1v) is 9.51. The Labute approximate surface area is 161 Å². The summed E-state index contributed by atoms with van der Waals surface area (Å²) in [5.74, 6) is -1.80. The van der Waals surface area contributed by atoms with Crippen LogP contribution in [0.4, 0.5) is 8.78 Å². The Morgan fingerprint density at radius 2 is 2.04 bits per heavy atom. The van der Waals surface area contributed by atoms with Crippen LogP contribution in [-0.2, 0) is 6.54 Å². The van der Waals surface area contributed by atoms with Gasteiger partial charge in [0.2, 0.25) is 0 Å². The second-order valence-electron chi connectivity index (χ2n) is 7.02. The van der Waals surface area contributed by atoms with Crippen molar-refractivity contribution in [1.29, 1.82) is 0 Å². The van der Waals surface area contributed by atoms with Gasteiger partial charge in [0.25, 0.3) is 5.91 Å². The summed E-state index contributed by atoms with van der Waals surface area (Å²) in [4.78, 5) is 14.9. The summed E-state index contributed by atoms with van der Waals surface area (Å²) in [7, 11) is 0. The van der Waals surface area contributed by atoms with Crippen LogP contribution >= 0.6 is 23.7 Å². The molecule has 4 rings (SSSR count). The first kappa shape index (κ1) is 19.3. The maximum absolute atomic E-state index is 14.2. The molecule has 0 bridgehead atoms. The van der Waals surface area contributed by atoms with Crippen molar-refractivity contribution < 1.29 is 13.6 Å². The minimum Gasteiger partial charge on any atom is -0.331 e. The van der Waals surface area contributed by atoms with Crippen LogP contribution in [0.5, 0.6) is 0 Å². The van der Waals surface area contributed by atoms with Crippen molar-refractivity contribution in [1.82, 2.24) is 10.2 Å². The molecule has 7 heteroatoms. The number of thiophene rings is 1. The van der Waals surface area contributed by atoms with Gasteiger partial charge >= 0.3 is 0 Å². The standard InChI is InChI=1S/C19H20F2N2OS.ClH/c20-14-1-2-15(16(21)9-14)18(24)23(11-13-3-8-25-12-13)17-10-19(17)4-6-22-7-5-19;/h1-3,8-9,12,17,22H,4-7,10-11H2;1H. The van der Waals surface area contributed by atoms with Crippen LogP contribution in [0.25, 0.3) is 0 Å². The molecule has 0 radical (unpaired) electrons. The molecule has 1 saturated carbocycles. The van der Waals surface area contributed by atoms with Gasteiger partial charge in [0, 0.05) is 18.7 Å². The second-order valence-corrected chi connectivity index (χ2v) is 7.80. The number of nitrogens with one attached hydrogen (secondary N) is 1. The van der Waals surface area contributed by atoms with Gasteiger partial charge in [-0.2, -0.15) is 11.3 Å². The van der Waals surface area contributed by atoms with Crippen molar-refractivity contribution >= 4 is 29.7 Å². The Balaban J connectivity index is 0.00000196. The Kier molecular flexibility index (Phi) is 5.65. The maximum Gasteiger partial charge on any atom is 0.257 e. The SMILES string of the molecule is Cl.O=C(c1ccc(F)cc1F)N(Cc1ccsc1)C1CC12CCNCC2. The molecule has 1 unspecified atom stereocenters. The van der Waals surface area contributed by atoms with Crippen molar-refractivity contribution in [3.63, 3.8) is 0 Å². The van der Waals surface area contributed by atoms with Crippen LogP contribution in [0.3, 0.4) is 0 Å². The van der Waals surface area contributed by atoms with E-state index in [1.54, 1.807) is 16.2 Å². The minimum atomic E-state index is -0.791. The fraction of sp³-hybridized carbons (Fsp3) is 0.421. The Hall–Kier alpha value is -1.50. The summed E-state index contributed by atoms with van der Waals surface area (Å²) in [6, 6.07) is 5.30. The van der Waals surface area contributed by atoms with Gasteiger partial charge in [-0.3, -0.25) is 4.79 Å². The highest BCUT2D eigenvalue weighted by molar-refractivity contribution is 7.07. The first-order valence-electron chi connectivity index (χ1n) is 8.57. The summed E-state index contributed by atoms with van der Waals surface area (Å²) in [6.45, 7) is 2.39. The van der Waals surface area contributed by atoms with Crippen LogP contribution in [0.2, 0.25) is 0 Å². The zero-order chi connectivity index (χ0) is 17.4. The molecular formula is C19H21ClF2N2OS. The third-order valence-corrected chi connectivity index (χ3v) is 6.21. The predicted molar refractivity (Wildman–Crippen MR) is 101 cm³/mol. The van der Waals surface area contributed by atoms with Crippen LogP contribution in [-0.4, -0.2) is 29.9 Å². The van der Waals surface area contributed by atoms with E-state index in [1.807, 2.05) is 16.8 Å². The van der Waals surface area contributed by atoms with E-state index >= 15 is 0 Å². The van der Waals surface area contributed by atoms with Gasteiger partial charge in [0.1, 0.15) is 11.6 Å². The smallest absolute Gasteiger partial charge is 0.257 e. The number of halogens is 3. The molecule has 2 aliphatic rings. The molecule has 26 heavy (non-hydrogen) atoms. The van der Waals surface area contributed by atoms with Gasteiger partial charge in [0.05, 0.1) is 5.56 Å². The first-order chi connectivity index (χ1) is 12.1. The zero-order valence-corrected chi connectivity index (χ0v) is 15.8. The molecule has 1 aliphatic heterocycles. The molecule has 1 saturated heterocycles. The van der Waals surface area contributed by atoms with Crippen LogP contribution in [0, 0.1) is 17.0 Å². The lowest BCUT2D eigenvalue weighted by atomic mass is 9.93. The van der Waals surface area contributed by atoms with E-state index in [2.05, 4.69) is 5.32 Å². The maximum atomic E-state index is 14.2. The third kappa shape index (κ3) is 3.63. The minimum absolute atomic E-state index is 0. The molecule has 1 aromatic heterocycles. The average molecular weight is 399 g/mol. The number of hydrogen-bond donors (Lipinski definition) is 1. The van der Waals surface area contributed by atoms with Crippen molar-refractivity contribution in [3.05, 3.63) is 57.8 Å². The highest BCUT2D eigenvalue weighted by atomic mass is 35.5. The number of amides is 1. The quantitative estimate of drug-likeness (QED) is 0.835. The van der Waals surface area contributed by atoms with E-state index in [9.17, 15) is 13.6 Å². The van der Waals surface area contributed by atoms with Crippen molar-refractivity contribution in [3.8, 4) is 0 Å². The highest BCUT2D eigenvalue weighted by Crippen LogP contribution is 2.56. The van der Waals surface area contributed by atoms with Gasteiger partial charge in [-0.15, -0.1) is 12.4 Å². The molecule has 1 amide bonds. The highest BCUT2D eigenvalue weighted by Gasteiger charge is 2.57. The molecule has 1 N–H and O–H groups in total. The number of nitrogens with zero attached hydrogens (tertiary/aromatic N) is 1. The van der Waals surface area contributed by atoms with E-state index < -0.39 is 11.6 Å². The van der Waals surface area contributed by atoms with E-state index in [0.29, 0.717) is 6.54 Å². The normalized spacial score (nSPS) is 20.5. The van der Waals surface area contributed by atoms with Crippen molar-refractivity contribution in [2.24, 2.45) is 5.41 Å². The molecule has 1 aromatic carbocycles. The Bertz CT molecular complexity index is 778. The summed E-state index contributed by atoms with van der Waals surface area (Å²) in [6.07, 6.45) is 3.04. The van der Waals surface area contributed by atoms with E-state index in [4.69, 9.17) is 0 Å². The van der Waals surface area contributed by atoms with Gasteiger partial charge in [-0.05, 0) is 72.3 Å². The monoisotopic (exact) mass is 398 g/mol. The molecule has 1 atom stereocenters. The van der Waals surface area contributed by atoms with Gasteiger partial charge in [0.15, 0.2) is 0 Å². The molecular weight excluding hydrogens is 378 g/mol. The fourth-order valence-electron chi connectivity index (χ4n) is 3.95. The molecule has 2 fully saturated rings. The average Bonchev–Trinajstić information content (AvgIpc) is 3.04. The van der Waals surface area contributed by atoms with Gasteiger partial charge in [-0.25, -0.2) is 8.78 Å². The molecule has 1 spiro atoms. The predicted octanol–water partition coefficient (Wildman–Crippen LogP) is 4.23. The fourth-order valence-corrected chi connectivity index (χ4v) is 4.61. The number of carbonyl (C=O) groups is 1. The molecule has 1 aliphatic carbocycles. The topological polar surface area (TPSA) is 32.3 Å². The summed E-state index contributed by atoms with van der Waals surface area (Å²) >= 11 is 1.58. The molecule has 3 nitrogen and oxygen atoms in total. The van der Waals surface area contributed by atoms with E-state index in [0.717, 1.165) is 50.0 Å². The Morgan fingerprint density at radius 1 is 1.27 bits per heavy atom. The van der Waals surface area contributed by atoms with Crippen LogP contribution in [0.1, 0.15) is 35.2 Å². The second kappa shape index (κ2) is 7.62. The number of carbonyl (C=O) groups excluding carboxylic acids is 1. The van der Waals surface area contributed by atoms with Crippen LogP contribution in [0.15, 0.2) is 35.0 Å².